The Kier molecular flexibility index (Phi) is 6.36. The lowest BCUT2D eigenvalue weighted by Crippen LogP contribution is -2.25. The van der Waals surface area contributed by atoms with Crippen molar-refractivity contribution in [1.29, 1.82) is 0 Å². The van der Waals surface area contributed by atoms with Gasteiger partial charge in [-0.2, -0.15) is 0 Å². The Morgan fingerprint density at radius 3 is 1.96 bits per heavy atom. The Labute approximate surface area is 156 Å². The van der Waals surface area contributed by atoms with E-state index < -0.39 is 0 Å². The minimum atomic E-state index is -0.0212. The van der Waals surface area contributed by atoms with Gasteiger partial charge in [-0.3, -0.25) is 0 Å². The van der Waals surface area contributed by atoms with Gasteiger partial charge in [0, 0.05) is 2.85 Å². The fourth-order valence-corrected chi connectivity index (χ4v) is 5.36. The summed E-state index contributed by atoms with van der Waals surface area (Å²) in [4.78, 5) is 0. The van der Waals surface area contributed by atoms with Crippen LogP contribution in [0.1, 0.15) is 90.2 Å². The predicted octanol–water partition coefficient (Wildman–Crippen LogP) is 7.98. The second kappa shape index (κ2) is 8.52. The van der Waals surface area contributed by atoms with Gasteiger partial charge in [0.1, 0.15) is 5.82 Å². The molecule has 0 amide bonds. The molecular weight excluding hydrogens is 307 g/mol. The van der Waals surface area contributed by atoms with E-state index in [1.54, 1.807) is 0 Å². The summed E-state index contributed by atoms with van der Waals surface area (Å²) in [5.74, 6) is 3.49. The first-order valence-corrected chi connectivity index (χ1v) is 10.5. The van der Waals surface area contributed by atoms with Crippen molar-refractivity contribution in [3.63, 3.8) is 0 Å². The predicted molar refractivity (Wildman–Crippen MR) is 110 cm³/mol. The van der Waals surface area contributed by atoms with E-state index in [4.69, 9.17) is 0 Å². The van der Waals surface area contributed by atoms with Crippen molar-refractivity contribution in [3.8, 4) is 0 Å². The molecule has 0 saturated heterocycles. The molecular formula is C24H39F. The second-order valence-electron chi connectivity index (χ2n) is 8.67. The SMILES string of the molecule is CC=CCC1CCC(C2CCC(c3cc(C)c(F)c(C)c3)CC2)CC1.[HH].[HH]. The Hall–Kier alpha value is -1.11. The van der Waals surface area contributed by atoms with E-state index in [0.717, 1.165) is 28.9 Å². The number of benzene rings is 1. The summed E-state index contributed by atoms with van der Waals surface area (Å²) < 4.78 is 13.9. The molecule has 0 heterocycles. The van der Waals surface area contributed by atoms with Crippen LogP contribution in [0.25, 0.3) is 0 Å². The van der Waals surface area contributed by atoms with Crippen LogP contribution in [-0.2, 0) is 0 Å². The van der Waals surface area contributed by atoms with Crippen LogP contribution in [0.3, 0.4) is 0 Å². The molecule has 0 radical (unpaired) electrons. The maximum absolute atomic E-state index is 13.9. The molecule has 2 fully saturated rings. The van der Waals surface area contributed by atoms with Crippen LogP contribution in [0.15, 0.2) is 24.3 Å². The number of hydrogen-bond acceptors (Lipinski definition) is 0. The molecule has 0 aromatic heterocycles. The molecule has 0 spiro atoms. The van der Waals surface area contributed by atoms with E-state index in [1.165, 1.54) is 63.4 Å². The fourth-order valence-electron chi connectivity index (χ4n) is 5.36. The Morgan fingerprint density at radius 2 is 1.44 bits per heavy atom. The van der Waals surface area contributed by atoms with Crippen molar-refractivity contribution in [2.45, 2.75) is 84.5 Å². The third-order valence-corrected chi connectivity index (χ3v) is 6.97. The Morgan fingerprint density at radius 1 is 0.920 bits per heavy atom. The van der Waals surface area contributed by atoms with Crippen molar-refractivity contribution < 1.29 is 7.24 Å². The van der Waals surface area contributed by atoms with Gasteiger partial charge in [-0.15, -0.1) is 0 Å². The van der Waals surface area contributed by atoms with Crippen molar-refractivity contribution >= 4 is 0 Å². The second-order valence-corrected chi connectivity index (χ2v) is 8.67. The molecule has 1 heteroatoms. The first-order chi connectivity index (χ1) is 12.1. The van der Waals surface area contributed by atoms with Crippen LogP contribution in [0.5, 0.6) is 0 Å². The van der Waals surface area contributed by atoms with Gasteiger partial charge in [-0.1, -0.05) is 24.3 Å². The molecule has 1 aromatic carbocycles. The van der Waals surface area contributed by atoms with Crippen LogP contribution in [0, 0.1) is 37.4 Å². The topological polar surface area (TPSA) is 0 Å². The minimum Gasteiger partial charge on any atom is -0.206 e. The molecule has 0 atom stereocenters. The first kappa shape index (κ1) is 18.7. The highest BCUT2D eigenvalue weighted by Crippen LogP contribution is 2.44. The molecule has 0 bridgehead atoms. The van der Waals surface area contributed by atoms with E-state index in [1.807, 2.05) is 13.8 Å². The summed E-state index contributed by atoms with van der Waals surface area (Å²) in [5, 5.41) is 0. The van der Waals surface area contributed by atoms with Gasteiger partial charge in [0.2, 0.25) is 0 Å². The molecule has 0 aliphatic heterocycles. The van der Waals surface area contributed by atoms with Gasteiger partial charge in [0.25, 0.3) is 0 Å². The normalized spacial score (nSPS) is 30.7. The van der Waals surface area contributed by atoms with Gasteiger partial charge < -0.3 is 0 Å². The van der Waals surface area contributed by atoms with Crippen molar-refractivity contribution in [2.24, 2.45) is 17.8 Å². The monoisotopic (exact) mass is 346 g/mol. The summed E-state index contributed by atoms with van der Waals surface area (Å²) in [5.41, 5.74) is 3.01. The average Bonchev–Trinajstić information content (AvgIpc) is 2.64. The molecule has 0 nitrogen and oxygen atoms in total. The van der Waals surface area contributed by atoms with E-state index >= 15 is 0 Å². The number of hydrogen-bond donors (Lipinski definition) is 0. The van der Waals surface area contributed by atoms with E-state index in [9.17, 15) is 4.39 Å². The number of allylic oxidation sites excluding steroid dienone is 2. The van der Waals surface area contributed by atoms with Crippen molar-refractivity contribution in [3.05, 3.63) is 46.8 Å². The third-order valence-electron chi connectivity index (χ3n) is 6.97. The highest BCUT2D eigenvalue weighted by atomic mass is 19.1. The quantitative estimate of drug-likeness (QED) is 0.485. The molecule has 0 unspecified atom stereocenters. The summed E-state index contributed by atoms with van der Waals surface area (Å²) in [6.45, 7) is 5.95. The van der Waals surface area contributed by atoms with Crippen LogP contribution in [0.4, 0.5) is 4.39 Å². The molecule has 25 heavy (non-hydrogen) atoms. The van der Waals surface area contributed by atoms with Crippen LogP contribution >= 0.6 is 0 Å². The highest BCUT2D eigenvalue weighted by Gasteiger charge is 2.31. The zero-order valence-electron chi connectivity index (χ0n) is 16.4. The van der Waals surface area contributed by atoms with Crippen LogP contribution in [-0.4, -0.2) is 0 Å². The molecule has 2 aliphatic carbocycles. The zero-order valence-corrected chi connectivity index (χ0v) is 16.4. The molecule has 2 saturated carbocycles. The summed E-state index contributed by atoms with van der Waals surface area (Å²) in [6.07, 6.45) is 17.0. The average molecular weight is 347 g/mol. The third kappa shape index (κ3) is 4.54. The lowest BCUT2D eigenvalue weighted by molar-refractivity contribution is 0.160. The summed E-state index contributed by atoms with van der Waals surface area (Å²) >= 11 is 0. The lowest BCUT2D eigenvalue weighted by atomic mass is 9.68. The number of rotatable bonds is 4. The smallest absolute Gasteiger partial charge is 0.129 e. The maximum Gasteiger partial charge on any atom is 0.129 e. The minimum absolute atomic E-state index is 0. The number of halogens is 1. The van der Waals surface area contributed by atoms with Gasteiger partial charge in [0.15, 0.2) is 0 Å². The zero-order chi connectivity index (χ0) is 17.8. The Balaban J connectivity index is 0.00000182. The standard InChI is InChI=1S/C24H35F.2H2/c1-4-5-6-19-7-9-20(10-8-19)21-11-13-22(14-12-21)23-15-17(2)24(25)18(3)16-23;;/h4-5,15-16,19-22H,6-14H2,1-3H3;2*1H. The van der Waals surface area contributed by atoms with Crippen LogP contribution < -0.4 is 0 Å². The van der Waals surface area contributed by atoms with Crippen molar-refractivity contribution in [1.82, 2.24) is 0 Å². The fraction of sp³-hybridized carbons (Fsp3) is 0.667. The molecule has 3 rings (SSSR count). The van der Waals surface area contributed by atoms with Gasteiger partial charge in [-0.05, 0) is 119 Å². The Bertz CT molecular complexity index is 571. The van der Waals surface area contributed by atoms with Crippen molar-refractivity contribution in [2.75, 3.05) is 0 Å². The number of aryl methyl sites for hydroxylation is 2. The molecule has 0 N–H and O–H groups in total. The van der Waals surface area contributed by atoms with Gasteiger partial charge in [-0.25, -0.2) is 4.39 Å². The molecule has 1 aromatic rings. The maximum atomic E-state index is 13.9. The van der Waals surface area contributed by atoms with Gasteiger partial charge >= 0.3 is 0 Å². The summed E-state index contributed by atoms with van der Waals surface area (Å²) in [7, 11) is 0. The molecule has 2 aliphatic rings. The largest absolute Gasteiger partial charge is 0.206 e. The van der Waals surface area contributed by atoms with E-state index in [0.29, 0.717) is 5.92 Å². The van der Waals surface area contributed by atoms with E-state index in [2.05, 4.69) is 31.2 Å². The summed E-state index contributed by atoms with van der Waals surface area (Å²) in [6, 6.07) is 4.19. The van der Waals surface area contributed by atoms with E-state index in [-0.39, 0.29) is 8.67 Å². The van der Waals surface area contributed by atoms with Gasteiger partial charge in [0.05, 0.1) is 0 Å². The van der Waals surface area contributed by atoms with Crippen LogP contribution in [0.2, 0.25) is 0 Å². The first-order valence-electron chi connectivity index (χ1n) is 10.5. The highest BCUT2D eigenvalue weighted by molar-refractivity contribution is 5.32. The lowest BCUT2D eigenvalue weighted by Gasteiger charge is -2.38. The molecule has 142 valence electrons.